The number of aryl methyl sites for hydroxylation is 2. The molecule has 1 aromatic carbocycles. The lowest BCUT2D eigenvalue weighted by molar-refractivity contribution is -0.142. The van der Waals surface area contributed by atoms with Gasteiger partial charge in [-0.3, -0.25) is 19.0 Å². The maximum atomic E-state index is 14.1. The highest BCUT2D eigenvalue weighted by Crippen LogP contribution is 2.38. The molecule has 9 nitrogen and oxygen atoms in total. The van der Waals surface area contributed by atoms with E-state index in [0.29, 0.717) is 56.5 Å². The first-order valence-corrected chi connectivity index (χ1v) is 17.5. The Bertz CT molecular complexity index is 1940. The van der Waals surface area contributed by atoms with Crippen LogP contribution >= 0.6 is 22.7 Å². The summed E-state index contributed by atoms with van der Waals surface area (Å²) in [6, 6.07) is 16.0. The smallest absolute Gasteiger partial charge is 0.264 e. The second-order valence-electron chi connectivity index (χ2n) is 12.7. The van der Waals surface area contributed by atoms with E-state index in [2.05, 4.69) is 22.5 Å². The van der Waals surface area contributed by atoms with Crippen LogP contribution in [0.25, 0.3) is 21.5 Å². The van der Waals surface area contributed by atoms with Crippen molar-refractivity contribution in [1.29, 1.82) is 0 Å². The molecule has 46 heavy (non-hydrogen) atoms. The predicted molar refractivity (Wildman–Crippen MR) is 181 cm³/mol. The number of rotatable bonds is 6. The fourth-order valence-corrected chi connectivity index (χ4v) is 8.87. The van der Waals surface area contributed by atoms with E-state index in [0.717, 1.165) is 26.4 Å². The maximum Gasteiger partial charge on any atom is 0.264 e. The molecule has 238 valence electrons. The van der Waals surface area contributed by atoms with E-state index in [1.54, 1.807) is 28.2 Å². The molecule has 11 heteroatoms. The summed E-state index contributed by atoms with van der Waals surface area (Å²) in [6.45, 7) is 3.93. The van der Waals surface area contributed by atoms with Crippen molar-refractivity contribution in [3.63, 3.8) is 0 Å². The van der Waals surface area contributed by atoms with Gasteiger partial charge in [-0.05, 0) is 66.3 Å². The second-order valence-corrected chi connectivity index (χ2v) is 14.5. The van der Waals surface area contributed by atoms with Crippen molar-refractivity contribution < 1.29 is 14.7 Å². The van der Waals surface area contributed by atoms with Crippen molar-refractivity contribution in [2.24, 2.45) is 13.0 Å². The van der Waals surface area contributed by atoms with Gasteiger partial charge in [0.25, 0.3) is 11.5 Å². The Hall–Kier alpha value is -4.06. The Labute approximate surface area is 275 Å². The zero-order chi connectivity index (χ0) is 32.0. The molecule has 2 saturated heterocycles. The molecule has 2 aliphatic heterocycles. The van der Waals surface area contributed by atoms with Gasteiger partial charge in [-0.2, -0.15) is 11.3 Å². The van der Waals surface area contributed by atoms with Crippen molar-refractivity contribution in [1.82, 2.24) is 23.9 Å². The SMILES string of the molecule is Cc1cc(-c2ccsc2)sc1C(=O)N1CC[C@@H](C(=O)N2CCC(O)(Cn3cnc4c(ccn4C)c3=O)CC2)[C@H](c2ccccc2)C1. The molecule has 6 heterocycles. The van der Waals surface area contributed by atoms with Crippen LogP contribution in [0.4, 0.5) is 0 Å². The first kappa shape index (κ1) is 30.6. The van der Waals surface area contributed by atoms with E-state index in [-0.39, 0.29) is 35.8 Å². The number of hydrogen-bond acceptors (Lipinski definition) is 7. The lowest BCUT2D eigenvalue weighted by atomic mass is 9.79. The number of carbonyl (C=O) groups is 2. The summed E-state index contributed by atoms with van der Waals surface area (Å²) < 4.78 is 3.28. The highest BCUT2D eigenvalue weighted by Gasteiger charge is 2.42. The van der Waals surface area contributed by atoms with E-state index in [4.69, 9.17) is 0 Å². The predicted octanol–water partition coefficient (Wildman–Crippen LogP) is 5.13. The molecule has 2 amide bonds. The van der Waals surface area contributed by atoms with Crippen LogP contribution in [0.2, 0.25) is 0 Å². The number of benzene rings is 1. The fraction of sp³-hybridized carbons (Fsp3) is 0.371. The molecular weight excluding hydrogens is 619 g/mol. The summed E-state index contributed by atoms with van der Waals surface area (Å²) >= 11 is 3.18. The zero-order valence-corrected chi connectivity index (χ0v) is 27.6. The summed E-state index contributed by atoms with van der Waals surface area (Å²) in [4.78, 5) is 51.1. The lowest BCUT2D eigenvalue weighted by Gasteiger charge is -2.43. The number of carbonyl (C=O) groups excluding carboxylic acids is 2. The van der Waals surface area contributed by atoms with Crippen LogP contribution in [0.1, 0.15) is 46.0 Å². The summed E-state index contributed by atoms with van der Waals surface area (Å²) in [6.07, 6.45) is 4.62. The number of fused-ring (bicyclic) bond motifs is 1. The Morgan fingerprint density at radius 1 is 1.07 bits per heavy atom. The minimum Gasteiger partial charge on any atom is -0.388 e. The van der Waals surface area contributed by atoms with Crippen molar-refractivity contribution in [2.75, 3.05) is 26.2 Å². The molecule has 1 N–H and O–H groups in total. The maximum absolute atomic E-state index is 14.1. The Balaban J connectivity index is 1.05. The fourth-order valence-electron chi connectivity index (χ4n) is 7.00. The number of likely N-dealkylation sites (tertiary alicyclic amines) is 2. The van der Waals surface area contributed by atoms with Crippen LogP contribution < -0.4 is 5.56 Å². The molecule has 0 bridgehead atoms. The van der Waals surface area contributed by atoms with Crippen LogP contribution in [0.3, 0.4) is 0 Å². The molecule has 2 atom stereocenters. The third kappa shape index (κ3) is 5.72. The second kappa shape index (κ2) is 12.3. The summed E-state index contributed by atoms with van der Waals surface area (Å²) in [5.41, 5.74) is 2.50. The number of amides is 2. The van der Waals surface area contributed by atoms with E-state index in [9.17, 15) is 19.5 Å². The number of piperidine rings is 2. The summed E-state index contributed by atoms with van der Waals surface area (Å²) in [7, 11) is 1.84. The number of nitrogens with zero attached hydrogens (tertiary/aromatic N) is 5. The third-order valence-electron chi connectivity index (χ3n) is 9.68. The monoisotopic (exact) mass is 655 g/mol. The van der Waals surface area contributed by atoms with Gasteiger partial charge in [0.1, 0.15) is 12.0 Å². The van der Waals surface area contributed by atoms with Crippen molar-refractivity contribution in [2.45, 2.75) is 44.2 Å². The molecule has 7 rings (SSSR count). The van der Waals surface area contributed by atoms with Gasteiger partial charge in [0.05, 0.1) is 22.4 Å². The van der Waals surface area contributed by atoms with Crippen LogP contribution in [0.5, 0.6) is 0 Å². The molecule has 0 saturated carbocycles. The Kier molecular flexibility index (Phi) is 8.16. The van der Waals surface area contributed by atoms with Crippen molar-refractivity contribution in [3.05, 3.63) is 98.2 Å². The van der Waals surface area contributed by atoms with Gasteiger partial charge in [0.2, 0.25) is 5.91 Å². The van der Waals surface area contributed by atoms with E-state index < -0.39 is 5.60 Å². The standard InChI is InChI=1S/C35H37N5O4S2/c1-23-18-29(25-10-17-45-20-25)46-30(23)34(43)39-14-9-26(28(19-39)24-6-4-3-5-7-24)32(41)38-15-11-35(44,12-16-38)21-40-22-36-31-27(33(40)42)8-13-37(31)2/h3-8,10,13,17-18,20,22,26,28,44H,9,11-12,14-16,19,21H2,1-2H3/t26-,28+/m1/s1. The van der Waals surface area contributed by atoms with Crippen LogP contribution in [0, 0.1) is 12.8 Å². The van der Waals surface area contributed by atoms with Gasteiger partial charge in [-0.25, -0.2) is 4.98 Å². The highest BCUT2D eigenvalue weighted by molar-refractivity contribution is 7.18. The Morgan fingerprint density at radius 2 is 1.85 bits per heavy atom. The van der Waals surface area contributed by atoms with Gasteiger partial charge < -0.3 is 19.5 Å². The molecule has 0 unspecified atom stereocenters. The van der Waals surface area contributed by atoms with Gasteiger partial charge >= 0.3 is 0 Å². The molecule has 4 aromatic heterocycles. The van der Waals surface area contributed by atoms with E-state index in [1.807, 2.05) is 59.5 Å². The minimum absolute atomic E-state index is 0.0252. The molecule has 2 aliphatic rings. The zero-order valence-electron chi connectivity index (χ0n) is 26.0. The number of hydrogen-bond donors (Lipinski definition) is 1. The lowest BCUT2D eigenvalue weighted by Crippen LogP contribution is -2.53. The topological polar surface area (TPSA) is 101 Å². The molecule has 5 aromatic rings. The van der Waals surface area contributed by atoms with E-state index >= 15 is 0 Å². The van der Waals surface area contributed by atoms with Crippen LogP contribution in [0.15, 0.2) is 76.6 Å². The number of thiophene rings is 2. The first-order valence-electron chi connectivity index (χ1n) is 15.7. The van der Waals surface area contributed by atoms with Crippen molar-refractivity contribution >= 4 is 45.5 Å². The average Bonchev–Trinajstić information content (AvgIpc) is 3.83. The van der Waals surface area contributed by atoms with Crippen LogP contribution in [-0.4, -0.2) is 72.6 Å². The van der Waals surface area contributed by atoms with Crippen molar-refractivity contribution in [3.8, 4) is 10.4 Å². The highest BCUT2D eigenvalue weighted by atomic mass is 32.1. The largest absolute Gasteiger partial charge is 0.388 e. The van der Waals surface area contributed by atoms with E-state index in [1.165, 1.54) is 22.2 Å². The quantitative estimate of drug-likeness (QED) is 0.273. The van der Waals surface area contributed by atoms with Gasteiger partial charge in [0.15, 0.2) is 0 Å². The van der Waals surface area contributed by atoms with Crippen LogP contribution in [-0.2, 0) is 18.4 Å². The molecule has 0 spiro atoms. The molecule has 0 aliphatic carbocycles. The summed E-state index contributed by atoms with van der Waals surface area (Å²) in [5, 5.41) is 16.2. The first-order chi connectivity index (χ1) is 22.2. The van der Waals surface area contributed by atoms with Gasteiger partial charge in [-0.15, -0.1) is 11.3 Å². The Morgan fingerprint density at radius 3 is 2.59 bits per heavy atom. The summed E-state index contributed by atoms with van der Waals surface area (Å²) in [5.74, 6) is -0.307. The third-order valence-corrected chi connectivity index (χ3v) is 11.6. The molecule has 2 fully saturated rings. The number of aromatic nitrogens is 3. The van der Waals surface area contributed by atoms with Gasteiger partial charge in [-0.1, -0.05) is 30.3 Å². The molecular formula is C35H37N5O4S2. The van der Waals surface area contributed by atoms with Gasteiger partial charge in [0, 0.05) is 61.7 Å². The average molecular weight is 656 g/mol. The number of aliphatic hydroxyl groups is 1. The molecule has 0 radical (unpaired) electrons. The normalized spacial score (nSPS) is 19.9. The minimum atomic E-state index is -1.11.